The number of ether oxygens (including phenoxy) is 2. The fourth-order valence-electron chi connectivity index (χ4n) is 9.44. The van der Waals surface area contributed by atoms with E-state index in [-0.39, 0.29) is 59.5 Å². The number of carbonyl (C=O) groups is 2. The number of aliphatic hydroxyl groups is 2. The molecule has 6 N–H and O–H groups in total. The lowest BCUT2D eigenvalue weighted by Crippen LogP contribution is -2.32. The molecule has 10 heteroatoms. The number of benzene rings is 6. The van der Waals surface area contributed by atoms with E-state index in [1.807, 2.05) is 12.1 Å². The Bertz CT molecular complexity index is 2670. The van der Waals surface area contributed by atoms with E-state index in [0.29, 0.717) is 48.3 Å². The molecule has 6 aromatic rings. The quantitative estimate of drug-likeness (QED) is 0.0661. The third-order valence-electron chi connectivity index (χ3n) is 14.0. The molecule has 7 rings (SSSR count). The molecular weight excluding hydrogens is 925 g/mol. The van der Waals surface area contributed by atoms with Crippen molar-refractivity contribution in [3.8, 4) is 23.0 Å². The Morgan fingerprint density at radius 1 is 0.432 bits per heavy atom. The van der Waals surface area contributed by atoms with Crippen LogP contribution in [0.4, 0.5) is 0 Å². The summed E-state index contributed by atoms with van der Waals surface area (Å²) >= 11 is 0. The predicted molar refractivity (Wildman–Crippen MR) is 295 cm³/mol. The van der Waals surface area contributed by atoms with E-state index in [4.69, 9.17) is 9.47 Å². The van der Waals surface area contributed by atoms with Crippen molar-refractivity contribution >= 4 is 11.8 Å². The summed E-state index contributed by atoms with van der Waals surface area (Å²) in [4.78, 5) is 26.4. The van der Waals surface area contributed by atoms with Crippen LogP contribution in [0.1, 0.15) is 173 Å². The van der Waals surface area contributed by atoms with Crippen molar-refractivity contribution in [2.45, 2.75) is 143 Å². The largest absolute Gasteiger partial charge is 0.507 e. The van der Waals surface area contributed by atoms with Crippen LogP contribution in [0.25, 0.3) is 0 Å². The number of phenols is 2. The minimum absolute atomic E-state index is 0.0887. The number of nitrogens with one attached hydrogen (secondary N) is 2. The Kier molecular flexibility index (Phi) is 16.4. The molecule has 0 spiro atoms. The van der Waals surface area contributed by atoms with Crippen LogP contribution >= 0.6 is 0 Å². The van der Waals surface area contributed by atoms with Gasteiger partial charge in [-0.25, -0.2) is 0 Å². The highest BCUT2D eigenvalue weighted by Crippen LogP contribution is 2.44. The summed E-state index contributed by atoms with van der Waals surface area (Å²) in [6.45, 7) is 26.4. The minimum Gasteiger partial charge on any atom is -0.507 e. The van der Waals surface area contributed by atoms with Gasteiger partial charge in [-0.2, -0.15) is 0 Å². The fraction of sp³-hybridized carbons (Fsp3) is 0.406. The van der Waals surface area contributed by atoms with Crippen molar-refractivity contribution in [1.29, 1.82) is 0 Å². The fourth-order valence-corrected chi connectivity index (χ4v) is 9.44. The summed E-state index contributed by atoms with van der Waals surface area (Å²) in [7, 11) is 0. The van der Waals surface area contributed by atoms with Gasteiger partial charge >= 0.3 is 0 Å². The van der Waals surface area contributed by atoms with Gasteiger partial charge in [0, 0.05) is 25.7 Å². The van der Waals surface area contributed by atoms with Gasteiger partial charge in [0.1, 0.15) is 36.2 Å². The average Bonchev–Trinajstić information content (AvgIpc) is 3.33. The molecule has 0 aliphatic heterocycles. The zero-order chi connectivity index (χ0) is 53.9. The third-order valence-corrected chi connectivity index (χ3v) is 14.0. The first kappa shape index (κ1) is 55.1. The van der Waals surface area contributed by atoms with Crippen molar-refractivity contribution in [1.82, 2.24) is 10.6 Å². The summed E-state index contributed by atoms with van der Waals surface area (Å²) in [6, 6.07) is 34.6. The van der Waals surface area contributed by atoms with Crippen LogP contribution in [-0.4, -0.2) is 58.5 Å². The third kappa shape index (κ3) is 13.2. The van der Waals surface area contributed by atoms with E-state index in [2.05, 4.69) is 142 Å². The Hall–Kier alpha value is -6.62. The Morgan fingerprint density at radius 3 is 0.919 bits per heavy atom. The van der Waals surface area contributed by atoms with Crippen molar-refractivity contribution in [2.24, 2.45) is 0 Å². The molecule has 74 heavy (non-hydrogen) atoms. The zero-order valence-corrected chi connectivity index (χ0v) is 45.6. The van der Waals surface area contributed by atoms with Crippen LogP contribution in [0.2, 0.25) is 0 Å². The molecule has 1 aliphatic carbocycles. The Labute approximate surface area is 439 Å². The number of amides is 2. The molecule has 2 amide bonds. The van der Waals surface area contributed by atoms with E-state index in [9.17, 15) is 30.0 Å². The molecule has 2 unspecified atom stereocenters. The lowest BCUT2D eigenvalue weighted by atomic mass is 9.79. The van der Waals surface area contributed by atoms with Crippen molar-refractivity contribution in [2.75, 3.05) is 26.3 Å². The molecule has 0 saturated heterocycles. The van der Waals surface area contributed by atoms with Gasteiger partial charge in [-0.1, -0.05) is 192 Å². The minimum atomic E-state index is -1.34. The van der Waals surface area contributed by atoms with Gasteiger partial charge in [0.15, 0.2) is 12.2 Å². The lowest BCUT2D eigenvalue weighted by molar-refractivity contribution is -0.130. The summed E-state index contributed by atoms with van der Waals surface area (Å²) in [5, 5.41) is 52.8. The molecule has 8 bridgehead atoms. The molecule has 392 valence electrons. The molecule has 0 fully saturated rings. The summed E-state index contributed by atoms with van der Waals surface area (Å²) in [5.74, 6) is 0.466. The molecule has 0 heterocycles. The first-order valence-electron chi connectivity index (χ1n) is 26.0. The van der Waals surface area contributed by atoms with Gasteiger partial charge in [-0.15, -0.1) is 0 Å². The number of fused-ring (bicyclic) bond motifs is 8. The maximum atomic E-state index is 13.2. The number of rotatable bonds is 12. The molecule has 6 aromatic carbocycles. The highest BCUT2D eigenvalue weighted by Gasteiger charge is 2.29. The molecule has 1 aliphatic rings. The Morgan fingerprint density at radius 2 is 0.676 bits per heavy atom. The number of aliphatic hydroxyl groups excluding tert-OH is 2. The number of carbonyl (C=O) groups excluding carboxylic acids is 2. The van der Waals surface area contributed by atoms with Crippen molar-refractivity contribution < 1.29 is 39.5 Å². The monoisotopic (exact) mass is 1000 g/mol. The summed E-state index contributed by atoms with van der Waals surface area (Å²) < 4.78 is 13.6. The number of hydrogen-bond donors (Lipinski definition) is 6. The predicted octanol–water partition coefficient (Wildman–Crippen LogP) is 11.4. The number of aromatic hydroxyl groups is 2. The second-order valence-corrected chi connectivity index (χ2v) is 24.1. The highest BCUT2D eigenvalue weighted by atomic mass is 16.5. The van der Waals surface area contributed by atoms with E-state index < -0.39 is 24.0 Å². The highest BCUT2D eigenvalue weighted by molar-refractivity contribution is 5.82. The molecule has 0 radical (unpaired) electrons. The first-order chi connectivity index (χ1) is 34.7. The Balaban J connectivity index is 1.39. The molecule has 2 atom stereocenters. The second-order valence-electron chi connectivity index (χ2n) is 24.1. The van der Waals surface area contributed by atoms with Crippen LogP contribution in [0.3, 0.4) is 0 Å². The molecular formula is C64H78N2O8. The van der Waals surface area contributed by atoms with Gasteiger partial charge in [0.2, 0.25) is 0 Å². The van der Waals surface area contributed by atoms with Crippen LogP contribution < -0.4 is 20.1 Å². The van der Waals surface area contributed by atoms with Gasteiger partial charge in [-0.05, 0) is 99.5 Å². The van der Waals surface area contributed by atoms with E-state index in [0.717, 1.165) is 66.8 Å². The SMILES string of the molecule is CC(C)(C)c1cc2c(O)c(c1)Cc1cc(C(C)(C)C)cc(c1OCCNC(=O)C(O)c1ccccc1)Cc1cc(C(C)(C)C)cc(c1O)Cc1cc(C(C)(C)C)cc(c1OCCNC(=O)C(O)c1ccccc1)C2. The normalized spacial score (nSPS) is 13.9. The van der Waals surface area contributed by atoms with Crippen LogP contribution in [-0.2, 0) is 56.9 Å². The van der Waals surface area contributed by atoms with E-state index in [1.165, 1.54) is 0 Å². The van der Waals surface area contributed by atoms with Crippen molar-refractivity contribution in [3.63, 3.8) is 0 Å². The number of phenolic OH excluding ortho intramolecular Hbond substituents is 2. The molecule has 0 aromatic heterocycles. The van der Waals surface area contributed by atoms with E-state index >= 15 is 0 Å². The van der Waals surface area contributed by atoms with Gasteiger partial charge < -0.3 is 40.5 Å². The van der Waals surface area contributed by atoms with Crippen molar-refractivity contribution in [3.05, 3.63) is 187 Å². The maximum absolute atomic E-state index is 13.2. The topological polar surface area (TPSA) is 158 Å². The smallest absolute Gasteiger partial charge is 0.253 e. The molecule has 0 saturated carbocycles. The van der Waals surface area contributed by atoms with Gasteiger partial charge in [0.25, 0.3) is 11.8 Å². The lowest BCUT2D eigenvalue weighted by Gasteiger charge is -2.28. The standard InChI is InChI=1S/C64H78N2O8/c1-61(2,3)49-31-41-27-45-35-51(63(7,8)9)37-47(57(45)73-25-23-65-59(71)55(69)39-19-15-13-16-20-39)29-43-33-50(62(4,5)6)34-44(54(43)68)30-48-38-52(64(10,11)12)36-46(28-42(32-49)53(41)67)58(48)74-26-24-66-60(72)56(70)40-21-17-14-18-22-40/h13-22,31-38,55-56,67-70H,23-30H2,1-12H3,(H,65,71)(H,66,72). The van der Waals surface area contributed by atoms with E-state index in [1.54, 1.807) is 48.5 Å². The van der Waals surface area contributed by atoms with Crippen LogP contribution in [0.15, 0.2) is 109 Å². The van der Waals surface area contributed by atoms with Gasteiger partial charge in [-0.3, -0.25) is 9.59 Å². The van der Waals surface area contributed by atoms with Gasteiger partial charge in [0.05, 0.1) is 13.1 Å². The zero-order valence-electron chi connectivity index (χ0n) is 45.6. The average molecular weight is 1000 g/mol. The molecule has 10 nitrogen and oxygen atoms in total. The summed E-state index contributed by atoms with van der Waals surface area (Å²) in [6.07, 6.45) is -1.46. The first-order valence-corrected chi connectivity index (χ1v) is 26.0. The maximum Gasteiger partial charge on any atom is 0.253 e. The second kappa shape index (κ2) is 22.1. The summed E-state index contributed by atoms with van der Waals surface area (Å²) in [5.41, 5.74) is 10.2. The number of hydrogen-bond acceptors (Lipinski definition) is 8. The van der Waals surface area contributed by atoms with Crippen LogP contribution in [0.5, 0.6) is 23.0 Å². The van der Waals surface area contributed by atoms with Crippen LogP contribution in [0, 0.1) is 0 Å².